The summed E-state index contributed by atoms with van der Waals surface area (Å²) in [6, 6.07) is 6.24. The second-order valence-electron chi connectivity index (χ2n) is 9.49. The van der Waals surface area contributed by atoms with E-state index in [0.29, 0.717) is 0 Å². The Morgan fingerprint density at radius 2 is 1.82 bits per heavy atom. The Bertz CT molecular complexity index is 1260. The molecule has 2 saturated heterocycles. The Labute approximate surface area is 199 Å². The maximum atomic E-state index is 4.90. The average Bonchev–Trinajstić information content (AvgIpc) is 3.53. The minimum absolute atomic E-state index is 0.748. The zero-order chi connectivity index (χ0) is 22.9. The van der Waals surface area contributed by atoms with Gasteiger partial charge in [-0.2, -0.15) is 5.10 Å². The predicted octanol–water partition coefficient (Wildman–Crippen LogP) is 3.15. The molecule has 0 atom stereocenters. The summed E-state index contributed by atoms with van der Waals surface area (Å²) in [6.07, 6.45) is 9.65. The van der Waals surface area contributed by atoms with Gasteiger partial charge in [0.2, 0.25) is 0 Å². The van der Waals surface area contributed by atoms with E-state index in [1.165, 1.54) is 37.9 Å². The van der Waals surface area contributed by atoms with Gasteiger partial charge in [-0.15, -0.1) is 0 Å². The fourth-order valence-corrected chi connectivity index (χ4v) is 4.98. The van der Waals surface area contributed by atoms with Gasteiger partial charge in [0.05, 0.1) is 11.2 Å². The molecule has 2 fully saturated rings. The molecule has 34 heavy (non-hydrogen) atoms. The van der Waals surface area contributed by atoms with Crippen molar-refractivity contribution in [1.82, 2.24) is 39.9 Å². The lowest BCUT2D eigenvalue weighted by atomic mass is 10.1. The van der Waals surface area contributed by atoms with Gasteiger partial charge < -0.3 is 14.8 Å². The van der Waals surface area contributed by atoms with Crippen LogP contribution in [0.3, 0.4) is 0 Å². The van der Waals surface area contributed by atoms with Crippen molar-refractivity contribution in [3.8, 4) is 22.8 Å². The number of fused-ring (bicyclic) bond motifs is 1. The number of nitrogens with zero attached hydrogens (tertiary/aromatic N) is 7. The van der Waals surface area contributed by atoms with Gasteiger partial charge in [-0.3, -0.25) is 15.0 Å². The van der Waals surface area contributed by atoms with Crippen LogP contribution < -0.4 is 4.90 Å². The van der Waals surface area contributed by atoms with Gasteiger partial charge in [0.25, 0.3) is 0 Å². The summed E-state index contributed by atoms with van der Waals surface area (Å²) in [4.78, 5) is 24.7. The fraction of sp³-hybridized carbons (Fsp3) is 0.440. The highest BCUT2D eigenvalue weighted by Gasteiger charge is 2.20. The average molecular weight is 458 g/mol. The van der Waals surface area contributed by atoms with E-state index in [9.17, 15) is 0 Å². The van der Waals surface area contributed by atoms with Gasteiger partial charge in [0, 0.05) is 56.9 Å². The highest BCUT2D eigenvalue weighted by Crippen LogP contribution is 2.28. The summed E-state index contributed by atoms with van der Waals surface area (Å²) in [5.41, 5.74) is 5.90. The summed E-state index contributed by atoms with van der Waals surface area (Å²) in [5.74, 6) is 1.69. The van der Waals surface area contributed by atoms with Gasteiger partial charge in [0.15, 0.2) is 11.6 Å². The van der Waals surface area contributed by atoms with Crippen LogP contribution in [0.5, 0.6) is 0 Å². The summed E-state index contributed by atoms with van der Waals surface area (Å²) in [5, 5.41) is 7.74. The number of hydrogen-bond acceptors (Lipinski definition) is 7. The molecule has 2 N–H and O–H groups in total. The molecule has 4 aromatic heterocycles. The summed E-state index contributed by atoms with van der Waals surface area (Å²) >= 11 is 0. The molecule has 2 aliphatic rings. The van der Waals surface area contributed by atoms with Crippen LogP contribution in [0.1, 0.15) is 24.8 Å². The zero-order valence-electron chi connectivity index (χ0n) is 19.7. The first-order valence-corrected chi connectivity index (χ1v) is 12.2. The summed E-state index contributed by atoms with van der Waals surface area (Å²) in [7, 11) is 2.16. The Morgan fingerprint density at radius 3 is 2.68 bits per heavy atom. The number of aromatic amines is 2. The quantitative estimate of drug-likeness (QED) is 0.476. The number of rotatable bonds is 5. The maximum absolute atomic E-state index is 4.90. The van der Waals surface area contributed by atoms with E-state index < -0.39 is 0 Å². The van der Waals surface area contributed by atoms with Crippen LogP contribution in [-0.2, 0) is 6.54 Å². The van der Waals surface area contributed by atoms with E-state index in [0.717, 1.165) is 72.4 Å². The number of aromatic nitrogens is 6. The van der Waals surface area contributed by atoms with Crippen LogP contribution in [-0.4, -0.2) is 86.2 Å². The number of anilines is 1. The van der Waals surface area contributed by atoms with Crippen molar-refractivity contribution in [3.05, 3.63) is 42.4 Å². The lowest BCUT2D eigenvalue weighted by Crippen LogP contribution is -2.44. The Balaban J connectivity index is 1.25. The third-order valence-electron chi connectivity index (χ3n) is 6.97. The number of piperidine rings is 1. The monoisotopic (exact) mass is 457 g/mol. The zero-order valence-corrected chi connectivity index (χ0v) is 19.7. The van der Waals surface area contributed by atoms with Crippen LogP contribution in [0.2, 0.25) is 0 Å². The smallest absolute Gasteiger partial charge is 0.159 e. The van der Waals surface area contributed by atoms with E-state index in [1.54, 1.807) is 0 Å². The maximum Gasteiger partial charge on any atom is 0.159 e. The number of nitrogens with one attached hydrogen (secondary N) is 2. The topological polar surface area (TPSA) is 92.9 Å². The van der Waals surface area contributed by atoms with Crippen LogP contribution in [0, 0.1) is 0 Å². The Hall–Kier alpha value is -3.30. The van der Waals surface area contributed by atoms with Crippen molar-refractivity contribution in [2.45, 2.75) is 25.8 Å². The molecule has 6 rings (SSSR count). The van der Waals surface area contributed by atoms with Crippen LogP contribution >= 0.6 is 0 Å². The van der Waals surface area contributed by atoms with Crippen molar-refractivity contribution in [2.24, 2.45) is 0 Å². The number of likely N-dealkylation sites (tertiary alicyclic amines) is 1. The first kappa shape index (κ1) is 21.2. The van der Waals surface area contributed by atoms with Crippen LogP contribution in [0.4, 0.5) is 5.82 Å². The molecule has 0 radical (unpaired) electrons. The molecule has 4 aromatic rings. The molecule has 9 heteroatoms. The molecule has 0 saturated carbocycles. The molecule has 0 aromatic carbocycles. The van der Waals surface area contributed by atoms with Crippen molar-refractivity contribution in [1.29, 1.82) is 0 Å². The molecule has 0 amide bonds. The third-order valence-corrected chi connectivity index (χ3v) is 6.97. The summed E-state index contributed by atoms with van der Waals surface area (Å²) in [6.45, 7) is 7.28. The Morgan fingerprint density at radius 1 is 0.971 bits per heavy atom. The van der Waals surface area contributed by atoms with Gasteiger partial charge in [0.1, 0.15) is 11.2 Å². The largest absolute Gasteiger partial charge is 0.352 e. The highest BCUT2D eigenvalue weighted by atomic mass is 15.3. The van der Waals surface area contributed by atoms with Crippen molar-refractivity contribution >= 4 is 16.9 Å². The van der Waals surface area contributed by atoms with Crippen molar-refractivity contribution < 1.29 is 0 Å². The second-order valence-corrected chi connectivity index (χ2v) is 9.49. The predicted molar refractivity (Wildman–Crippen MR) is 134 cm³/mol. The van der Waals surface area contributed by atoms with Gasteiger partial charge in [-0.1, -0.05) is 6.42 Å². The molecule has 0 unspecified atom stereocenters. The molecule has 0 aliphatic carbocycles. The number of imidazole rings is 1. The van der Waals surface area contributed by atoms with Gasteiger partial charge >= 0.3 is 0 Å². The van der Waals surface area contributed by atoms with E-state index >= 15 is 0 Å². The second kappa shape index (κ2) is 9.15. The fourth-order valence-electron chi connectivity index (χ4n) is 4.98. The van der Waals surface area contributed by atoms with Crippen LogP contribution in [0.25, 0.3) is 33.8 Å². The first-order valence-electron chi connectivity index (χ1n) is 12.2. The molecule has 0 spiro atoms. The number of hydrogen-bond donors (Lipinski definition) is 2. The molecule has 6 heterocycles. The molecule has 176 valence electrons. The first-order chi connectivity index (χ1) is 16.7. The minimum atomic E-state index is 0.748. The van der Waals surface area contributed by atoms with Crippen molar-refractivity contribution in [2.75, 3.05) is 51.2 Å². The third kappa shape index (κ3) is 4.28. The number of piperazine rings is 1. The SMILES string of the molecule is CN1CCN(c2nccc3[nH]c(-c4cc(-c5cncc(CN6CCCCC6)c5)[nH]n4)nc23)CC1. The van der Waals surface area contributed by atoms with Crippen molar-refractivity contribution in [3.63, 3.8) is 0 Å². The van der Waals surface area contributed by atoms with Crippen LogP contribution in [0.15, 0.2) is 36.8 Å². The van der Waals surface area contributed by atoms with E-state index in [4.69, 9.17) is 4.98 Å². The molecule has 0 bridgehead atoms. The van der Waals surface area contributed by atoms with Gasteiger partial charge in [-0.05, 0) is 56.7 Å². The molecular weight excluding hydrogens is 426 g/mol. The number of H-pyrrole nitrogens is 2. The number of pyridine rings is 2. The number of likely N-dealkylation sites (N-methyl/N-ethyl adjacent to an activating group) is 1. The highest BCUT2D eigenvalue weighted by molar-refractivity contribution is 5.88. The van der Waals surface area contributed by atoms with E-state index in [2.05, 4.69) is 53.0 Å². The molecular formula is C25H31N9. The molecule has 2 aliphatic heterocycles. The lowest BCUT2D eigenvalue weighted by Gasteiger charge is -2.33. The normalized spacial score (nSPS) is 18.1. The van der Waals surface area contributed by atoms with E-state index in [-0.39, 0.29) is 0 Å². The summed E-state index contributed by atoms with van der Waals surface area (Å²) < 4.78 is 0. The standard InChI is InChI=1S/C25H31N9/c1-32-9-11-34(12-10-32)25-23-20(5-6-27-25)28-24(29-23)22-14-21(30-31-22)19-13-18(15-26-16-19)17-33-7-3-2-4-8-33/h5-6,13-16H,2-4,7-12,17H2,1H3,(H,28,29)(H,30,31). The van der Waals surface area contributed by atoms with E-state index in [1.807, 2.05) is 30.7 Å². The van der Waals surface area contributed by atoms with Gasteiger partial charge in [-0.25, -0.2) is 9.97 Å². The molecule has 9 nitrogen and oxygen atoms in total. The minimum Gasteiger partial charge on any atom is -0.352 e. The Kier molecular flexibility index (Phi) is 5.72. The lowest BCUT2D eigenvalue weighted by molar-refractivity contribution is 0.220.